The third-order valence-corrected chi connectivity index (χ3v) is 2.09. The fraction of sp³-hybridized carbons (Fsp3) is 0.250. The van der Waals surface area contributed by atoms with Crippen LogP contribution in [0.2, 0.25) is 0 Å². The van der Waals surface area contributed by atoms with Crippen molar-refractivity contribution in [1.29, 1.82) is 0 Å². The number of benzene rings is 1. The molecule has 18 heavy (non-hydrogen) atoms. The molecule has 2 nitrogen and oxygen atoms in total. The van der Waals surface area contributed by atoms with Gasteiger partial charge in [-0.3, -0.25) is 0 Å². The molecule has 1 aromatic carbocycles. The Morgan fingerprint density at radius 3 is 2.28 bits per heavy atom. The number of nitrogens with two attached hydrogens (primary N) is 1. The van der Waals surface area contributed by atoms with E-state index in [0.717, 1.165) is 18.2 Å². The molecule has 0 radical (unpaired) electrons. The van der Waals surface area contributed by atoms with E-state index in [1.165, 1.54) is 0 Å². The summed E-state index contributed by atoms with van der Waals surface area (Å²) in [5.41, 5.74) is 4.22. The number of halogens is 4. The Morgan fingerprint density at radius 1 is 1.11 bits per heavy atom. The monoisotopic (exact) mass is 260 g/mol. The highest BCUT2D eigenvalue weighted by Gasteiger charge is 2.33. The molecule has 0 aliphatic carbocycles. The number of rotatable bonds is 0. The van der Waals surface area contributed by atoms with Gasteiger partial charge in [-0.15, -0.1) is 0 Å². The van der Waals surface area contributed by atoms with Crippen LogP contribution in [0, 0.1) is 5.82 Å². The highest BCUT2D eigenvalue weighted by Crippen LogP contribution is 2.31. The number of aromatic nitrogens is 1. The third-order valence-electron chi connectivity index (χ3n) is 2.09. The number of pyridine rings is 1. The number of alkyl halides is 3. The van der Waals surface area contributed by atoms with Crippen LogP contribution in [0.5, 0.6) is 0 Å². The van der Waals surface area contributed by atoms with E-state index in [1.807, 2.05) is 13.8 Å². The van der Waals surface area contributed by atoms with Crippen LogP contribution in [0.4, 0.5) is 23.2 Å². The van der Waals surface area contributed by atoms with Gasteiger partial charge in [-0.1, -0.05) is 13.8 Å². The van der Waals surface area contributed by atoms with Crippen molar-refractivity contribution >= 4 is 16.6 Å². The minimum atomic E-state index is -4.56. The smallest absolute Gasteiger partial charge is 0.398 e. The molecule has 0 fully saturated rings. The molecule has 0 spiro atoms. The lowest BCUT2D eigenvalue weighted by atomic mass is 10.1. The maximum Gasteiger partial charge on any atom is 0.433 e. The standard InChI is InChI=1S/C10H6F4N2.C2H6/c11-5-1-2-8-6(3-5)7(15)4-9(16-8)10(12,13)14;1-2/h1-4H,(H2,15,16);1-2H3. The van der Waals surface area contributed by atoms with Crippen LogP contribution in [0.15, 0.2) is 24.3 Å². The van der Waals surface area contributed by atoms with Crippen molar-refractivity contribution in [3.63, 3.8) is 0 Å². The van der Waals surface area contributed by atoms with Gasteiger partial charge in [0.05, 0.1) is 5.52 Å². The minimum absolute atomic E-state index is 0.0220. The summed E-state index contributed by atoms with van der Waals surface area (Å²) in [4.78, 5) is 3.38. The maximum absolute atomic E-state index is 12.8. The first kappa shape index (κ1) is 14.2. The molecule has 1 heterocycles. The third kappa shape index (κ3) is 2.88. The topological polar surface area (TPSA) is 38.9 Å². The van der Waals surface area contributed by atoms with E-state index < -0.39 is 17.7 Å². The van der Waals surface area contributed by atoms with Gasteiger partial charge in [0.2, 0.25) is 0 Å². The molecule has 2 rings (SSSR count). The fourth-order valence-electron chi connectivity index (χ4n) is 1.37. The van der Waals surface area contributed by atoms with Crippen molar-refractivity contribution in [1.82, 2.24) is 4.98 Å². The number of hydrogen-bond donors (Lipinski definition) is 1. The van der Waals surface area contributed by atoms with Gasteiger partial charge in [-0.25, -0.2) is 9.37 Å². The molecule has 98 valence electrons. The molecule has 0 aliphatic heterocycles. The average Bonchev–Trinajstić information content (AvgIpc) is 2.31. The Balaban J connectivity index is 0.000000771. The molecule has 0 unspecified atom stereocenters. The van der Waals surface area contributed by atoms with E-state index in [4.69, 9.17) is 5.73 Å². The zero-order valence-corrected chi connectivity index (χ0v) is 9.85. The van der Waals surface area contributed by atoms with Crippen molar-refractivity contribution in [3.8, 4) is 0 Å². The number of nitrogen functional groups attached to an aromatic ring is 1. The first-order valence-electron chi connectivity index (χ1n) is 5.31. The summed E-state index contributed by atoms with van der Waals surface area (Å²) in [6, 6.07) is 3.95. The predicted octanol–water partition coefficient (Wildman–Crippen LogP) is 4.00. The molecule has 2 N–H and O–H groups in total. The van der Waals surface area contributed by atoms with Gasteiger partial charge in [-0.2, -0.15) is 13.2 Å². The highest BCUT2D eigenvalue weighted by atomic mass is 19.4. The first-order chi connectivity index (χ1) is 8.38. The van der Waals surface area contributed by atoms with Gasteiger partial charge in [-0.05, 0) is 24.3 Å². The molecule has 2 aromatic rings. The zero-order chi connectivity index (χ0) is 13.9. The van der Waals surface area contributed by atoms with Crippen LogP contribution in [0.1, 0.15) is 19.5 Å². The van der Waals surface area contributed by atoms with Gasteiger partial charge < -0.3 is 5.73 Å². The highest BCUT2D eigenvalue weighted by molar-refractivity contribution is 5.90. The summed E-state index contributed by atoms with van der Waals surface area (Å²) in [6.07, 6.45) is -4.56. The molecule has 0 amide bonds. The lowest BCUT2D eigenvalue weighted by Crippen LogP contribution is -2.09. The molecule has 1 aromatic heterocycles. The van der Waals surface area contributed by atoms with Crippen LogP contribution in [-0.2, 0) is 6.18 Å². The molecule has 0 bridgehead atoms. The largest absolute Gasteiger partial charge is 0.433 e. The minimum Gasteiger partial charge on any atom is -0.398 e. The Bertz CT molecular complexity index is 550. The van der Waals surface area contributed by atoms with Crippen molar-refractivity contribution in [2.75, 3.05) is 5.73 Å². The van der Waals surface area contributed by atoms with Crippen molar-refractivity contribution < 1.29 is 17.6 Å². The summed E-state index contributed by atoms with van der Waals surface area (Å²) >= 11 is 0. The van der Waals surface area contributed by atoms with E-state index in [-0.39, 0.29) is 16.6 Å². The Hall–Kier alpha value is -1.85. The summed E-state index contributed by atoms with van der Waals surface area (Å²) in [6.45, 7) is 4.00. The molecule has 0 aliphatic rings. The molecule has 0 atom stereocenters. The average molecular weight is 260 g/mol. The van der Waals surface area contributed by atoms with Crippen LogP contribution in [-0.4, -0.2) is 4.98 Å². The second-order valence-electron chi connectivity index (χ2n) is 3.26. The number of fused-ring (bicyclic) bond motifs is 1. The Labute approximate surface area is 101 Å². The molecule has 0 saturated heterocycles. The molecular formula is C12H12F4N2. The van der Waals surface area contributed by atoms with Crippen molar-refractivity contribution in [2.24, 2.45) is 0 Å². The number of hydrogen-bond acceptors (Lipinski definition) is 2. The van der Waals surface area contributed by atoms with Crippen LogP contribution in [0.25, 0.3) is 10.9 Å². The SMILES string of the molecule is CC.Nc1cc(C(F)(F)F)nc2ccc(F)cc12. The van der Waals surface area contributed by atoms with Crippen LogP contribution >= 0.6 is 0 Å². The summed E-state index contributed by atoms with van der Waals surface area (Å²) in [7, 11) is 0. The van der Waals surface area contributed by atoms with E-state index in [0.29, 0.717) is 6.07 Å². The summed E-state index contributed by atoms with van der Waals surface area (Å²) in [5.74, 6) is -0.569. The van der Waals surface area contributed by atoms with E-state index >= 15 is 0 Å². The Kier molecular flexibility index (Phi) is 4.11. The number of nitrogens with zero attached hydrogens (tertiary/aromatic N) is 1. The second kappa shape index (κ2) is 5.20. The van der Waals surface area contributed by atoms with Gasteiger partial charge in [0.1, 0.15) is 11.5 Å². The van der Waals surface area contributed by atoms with Crippen LogP contribution in [0.3, 0.4) is 0 Å². The van der Waals surface area contributed by atoms with Crippen LogP contribution < -0.4 is 5.73 Å². The van der Waals surface area contributed by atoms with Crippen molar-refractivity contribution in [3.05, 3.63) is 35.8 Å². The van der Waals surface area contributed by atoms with E-state index in [9.17, 15) is 17.6 Å². The van der Waals surface area contributed by atoms with Gasteiger partial charge in [0.25, 0.3) is 0 Å². The normalized spacial score (nSPS) is 11.0. The van der Waals surface area contributed by atoms with E-state index in [1.54, 1.807) is 0 Å². The van der Waals surface area contributed by atoms with Gasteiger partial charge in [0, 0.05) is 11.1 Å². The lowest BCUT2D eigenvalue weighted by molar-refractivity contribution is -0.140. The number of anilines is 1. The second-order valence-corrected chi connectivity index (χ2v) is 3.26. The predicted molar refractivity (Wildman–Crippen MR) is 62.5 cm³/mol. The van der Waals surface area contributed by atoms with E-state index in [2.05, 4.69) is 4.98 Å². The first-order valence-corrected chi connectivity index (χ1v) is 5.31. The summed E-state index contributed by atoms with van der Waals surface area (Å²) in [5, 5.41) is 0.174. The van der Waals surface area contributed by atoms with Gasteiger partial charge in [0.15, 0.2) is 0 Å². The fourth-order valence-corrected chi connectivity index (χ4v) is 1.37. The molecule has 6 heteroatoms. The summed E-state index contributed by atoms with van der Waals surface area (Å²) < 4.78 is 50.0. The van der Waals surface area contributed by atoms with Crippen molar-refractivity contribution in [2.45, 2.75) is 20.0 Å². The lowest BCUT2D eigenvalue weighted by Gasteiger charge is -2.08. The quantitative estimate of drug-likeness (QED) is 0.727. The molecule has 0 saturated carbocycles. The zero-order valence-electron chi connectivity index (χ0n) is 9.85. The van der Waals surface area contributed by atoms with Gasteiger partial charge >= 0.3 is 6.18 Å². The Morgan fingerprint density at radius 2 is 1.72 bits per heavy atom. The molecular weight excluding hydrogens is 248 g/mol. The maximum atomic E-state index is 12.8.